The Labute approximate surface area is 133 Å². The molecule has 112 valence electrons. The average Bonchev–Trinajstić information content (AvgIpc) is 2.74. The van der Waals surface area contributed by atoms with Gasteiger partial charge in [-0.15, -0.1) is 0 Å². The molecule has 1 aromatic carbocycles. The van der Waals surface area contributed by atoms with Crippen molar-refractivity contribution >= 4 is 29.0 Å². The first-order valence-electron chi connectivity index (χ1n) is 6.56. The fourth-order valence-electron chi connectivity index (χ4n) is 2.18. The molecule has 0 unspecified atom stereocenters. The van der Waals surface area contributed by atoms with E-state index in [0.717, 1.165) is 11.4 Å². The van der Waals surface area contributed by atoms with Crippen LogP contribution in [-0.2, 0) is 13.0 Å². The van der Waals surface area contributed by atoms with E-state index in [1.807, 2.05) is 13.8 Å². The van der Waals surface area contributed by atoms with E-state index in [9.17, 15) is 4.79 Å². The van der Waals surface area contributed by atoms with Crippen LogP contribution in [0.15, 0.2) is 18.2 Å². The van der Waals surface area contributed by atoms with Gasteiger partial charge in [0.05, 0.1) is 35.5 Å². The number of aryl methyl sites for hydroxylation is 2. The van der Waals surface area contributed by atoms with Crippen molar-refractivity contribution in [1.82, 2.24) is 9.78 Å². The summed E-state index contributed by atoms with van der Waals surface area (Å²) in [5.41, 5.74) is 1.93. The number of carbonyl (C=O) groups excluding carboxylic acids is 1. The van der Waals surface area contributed by atoms with Gasteiger partial charge in [-0.1, -0.05) is 23.2 Å². The number of rotatable bonds is 5. The predicted octanol–water partition coefficient (Wildman–Crippen LogP) is 3.95. The molecule has 0 N–H and O–H groups in total. The zero-order valence-electron chi connectivity index (χ0n) is 12.1. The van der Waals surface area contributed by atoms with Crippen LogP contribution in [0.25, 0.3) is 0 Å². The lowest BCUT2D eigenvalue weighted by Crippen LogP contribution is -2.11. The number of nitrogens with zero attached hydrogens (tertiary/aromatic N) is 2. The van der Waals surface area contributed by atoms with Crippen LogP contribution in [-0.4, -0.2) is 22.7 Å². The first kappa shape index (κ1) is 15.9. The number of aromatic nitrogens is 2. The highest BCUT2D eigenvalue weighted by molar-refractivity contribution is 6.32. The summed E-state index contributed by atoms with van der Waals surface area (Å²) in [6.07, 6.45) is 0.172. The minimum absolute atomic E-state index is 0.0833. The van der Waals surface area contributed by atoms with Crippen LogP contribution in [0.4, 0.5) is 0 Å². The molecule has 0 atom stereocenters. The standard InChI is InChI=1S/C15H16Cl2N2O2/c1-4-19-12(15(17)9(2)18-19)8-13(20)11-6-5-10(16)7-14(11)21-3/h5-7H,4,8H2,1-3H3. The maximum atomic E-state index is 12.5. The number of halogens is 2. The number of Topliss-reactive ketones (excluding diaryl/α,β-unsaturated/α-hetero) is 1. The molecule has 0 aliphatic heterocycles. The largest absolute Gasteiger partial charge is 0.496 e. The summed E-state index contributed by atoms with van der Waals surface area (Å²) in [6.45, 7) is 4.44. The normalized spacial score (nSPS) is 10.7. The second kappa shape index (κ2) is 6.50. The summed E-state index contributed by atoms with van der Waals surface area (Å²) in [4.78, 5) is 12.5. The van der Waals surface area contributed by atoms with Crippen molar-refractivity contribution < 1.29 is 9.53 Å². The highest BCUT2D eigenvalue weighted by Crippen LogP contribution is 2.27. The number of hydrogen-bond acceptors (Lipinski definition) is 3. The van der Waals surface area contributed by atoms with Gasteiger partial charge in [0.2, 0.25) is 0 Å². The molecule has 0 amide bonds. The molecule has 0 radical (unpaired) electrons. The van der Waals surface area contributed by atoms with Crippen molar-refractivity contribution in [3.8, 4) is 5.75 Å². The maximum Gasteiger partial charge on any atom is 0.172 e. The van der Waals surface area contributed by atoms with E-state index in [2.05, 4.69) is 5.10 Å². The van der Waals surface area contributed by atoms with Gasteiger partial charge in [0.1, 0.15) is 5.75 Å². The molecule has 2 aromatic rings. The summed E-state index contributed by atoms with van der Waals surface area (Å²) in [6, 6.07) is 4.96. The molecular formula is C15H16Cl2N2O2. The van der Waals surface area contributed by atoms with Crippen molar-refractivity contribution in [3.05, 3.63) is 45.2 Å². The molecule has 0 saturated heterocycles. The summed E-state index contributed by atoms with van der Waals surface area (Å²) >= 11 is 12.1. The van der Waals surface area contributed by atoms with E-state index in [4.69, 9.17) is 27.9 Å². The van der Waals surface area contributed by atoms with Gasteiger partial charge in [0.25, 0.3) is 0 Å². The van der Waals surface area contributed by atoms with Gasteiger partial charge in [-0.3, -0.25) is 9.48 Å². The third kappa shape index (κ3) is 3.22. The van der Waals surface area contributed by atoms with E-state index in [-0.39, 0.29) is 12.2 Å². The quantitative estimate of drug-likeness (QED) is 0.781. The first-order valence-corrected chi connectivity index (χ1v) is 7.32. The molecule has 6 heteroatoms. The second-order valence-electron chi connectivity index (χ2n) is 4.61. The van der Waals surface area contributed by atoms with Crippen LogP contribution in [0.3, 0.4) is 0 Å². The second-order valence-corrected chi connectivity index (χ2v) is 5.42. The Hall–Kier alpha value is -1.52. The van der Waals surface area contributed by atoms with Crippen molar-refractivity contribution in [1.29, 1.82) is 0 Å². The number of carbonyl (C=O) groups is 1. The summed E-state index contributed by atoms with van der Waals surface area (Å²) in [7, 11) is 1.51. The zero-order chi connectivity index (χ0) is 15.6. The van der Waals surface area contributed by atoms with Crippen LogP contribution in [0.5, 0.6) is 5.75 Å². The van der Waals surface area contributed by atoms with E-state index in [1.54, 1.807) is 22.9 Å². The topological polar surface area (TPSA) is 44.1 Å². The molecule has 0 aliphatic carbocycles. The van der Waals surface area contributed by atoms with Gasteiger partial charge >= 0.3 is 0 Å². The molecule has 21 heavy (non-hydrogen) atoms. The fraction of sp³-hybridized carbons (Fsp3) is 0.333. The number of benzene rings is 1. The van der Waals surface area contributed by atoms with Crippen LogP contribution in [0.1, 0.15) is 28.7 Å². The van der Waals surface area contributed by atoms with Crippen LogP contribution in [0.2, 0.25) is 10.0 Å². The monoisotopic (exact) mass is 326 g/mol. The van der Waals surface area contributed by atoms with Crippen molar-refractivity contribution in [3.63, 3.8) is 0 Å². The third-order valence-corrected chi connectivity index (χ3v) is 3.97. The van der Waals surface area contributed by atoms with Crippen molar-refractivity contribution in [2.24, 2.45) is 0 Å². The maximum absolute atomic E-state index is 12.5. The molecule has 0 bridgehead atoms. The Kier molecular flexibility index (Phi) is 4.91. The fourth-order valence-corrected chi connectivity index (χ4v) is 2.54. The smallest absolute Gasteiger partial charge is 0.172 e. The average molecular weight is 327 g/mol. The van der Waals surface area contributed by atoms with E-state index >= 15 is 0 Å². The Morgan fingerprint density at radius 3 is 2.71 bits per heavy atom. The SMILES string of the molecule is CCn1nc(C)c(Cl)c1CC(=O)c1ccc(Cl)cc1OC. The lowest BCUT2D eigenvalue weighted by atomic mass is 10.1. The molecule has 0 aliphatic rings. The van der Waals surface area contributed by atoms with Gasteiger partial charge in [0, 0.05) is 11.6 Å². The van der Waals surface area contributed by atoms with Gasteiger partial charge in [-0.2, -0.15) is 5.10 Å². The van der Waals surface area contributed by atoms with E-state index in [0.29, 0.717) is 27.9 Å². The Bertz CT molecular complexity index is 681. The number of ketones is 1. The van der Waals surface area contributed by atoms with Crippen LogP contribution in [0, 0.1) is 6.92 Å². The molecule has 0 saturated carbocycles. The van der Waals surface area contributed by atoms with Crippen LogP contribution >= 0.6 is 23.2 Å². The predicted molar refractivity (Wildman–Crippen MR) is 83.7 cm³/mol. The third-order valence-electron chi connectivity index (χ3n) is 3.24. The summed E-state index contributed by atoms with van der Waals surface area (Å²) in [5, 5.41) is 5.38. The lowest BCUT2D eigenvalue weighted by Gasteiger charge is -2.09. The van der Waals surface area contributed by atoms with Crippen molar-refractivity contribution in [2.75, 3.05) is 7.11 Å². The van der Waals surface area contributed by atoms with E-state index in [1.165, 1.54) is 7.11 Å². The van der Waals surface area contributed by atoms with Crippen LogP contribution < -0.4 is 4.74 Å². The number of hydrogen-bond donors (Lipinski definition) is 0. The van der Waals surface area contributed by atoms with Gasteiger partial charge < -0.3 is 4.74 Å². The lowest BCUT2D eigenvalue weighted by molar-refractivity contribution is 0.0987. The van der Waals surface area contributed by atoms with Crippen molar-refractivity contribution in [2.45, 2.75) is 26.8 Å². The Balaban J connectivity index is 2.35. The summed E-state index contributed by atoms with van der Waals surface area (Å²) < 4.78 is 6.96. The first-order chi connectivity index (χ1) is 9.97. The van der Waals surface area contributed by atoms with Gasteiger partial charge in [-0.25, -0.2) is 0 Å². The number of methoxy groups -OCH3 is 1. The molecule has 1 heterocycles. The highest BCUT2D eigenvalue weighted by atomic mass is 35.5. The number of ether oxygens (including phenoxy) is 1. The Morgan fingerprint density at radius 1 is 1.38 bits per heavy atom. The summed E-state index contributed by atoms with van der Waals surface area (Å²) in [5.74, 6) is 0.378. The zero-order valence-corrected chi connectivity index (χ0v) is 13.6. The van der Waals surface area contributed by atoms with Gasteiger partial charge in [0.15, 0.2) is 5.78 Å². The minimum Gasteiger partial charge on any atom is -0.496 e. The minimum atomic E-state index is -0.0833. The molecule has 4 nitrogen and oxygen atoms in total. The molecule has 0 spiro atoms. The molecule has 1 aromatic heterocycles. The molecule has 0 fully saturated rings. The van der Waals surface area contributed by atoms with Gasteiger partial charge in [-0.05, 0) is 32.0 Å². The highest BCUT2D eigenvalue weighted by Gasteiger charge is 2.19. The van der Waals surface area contributed by atoms with E-state index < -0.39 is 0 Å². The molecular weight excluding hydrogens is 311 g/mol. The Morgan fingerprint density at radius 2 is 2.10 bits per heavy atom. The molecule has 2 rings (SSSR count).